The number of carboxylic acids is 1. The van der Waals surface area contributed by atoms with Gasteiger partial charge < -0.3 is 20.3 Å². The maximum absolute atomic E-state index is 13.8. The minimum atomic E-state index is -1.03. The first-order chi connectivity index (χ1) is 21.2. The smallest absolute Gasteiger partial charge is 0.328 e. The van der Waals surface area contributed by atoms with Gasteiger partial charge in [-0.1, -0.05) is 55.5 Å². The van der Waals surface area contributed by atoms with Gasteiger partial charge in [0.05, 0.1) is 16.4 Å². The molecule has 0 radical (unpaired) electrons. The van der Waals surface area contributed by atoms with Gasteiger partial charge in [0.25, 0.3) is 5.91 Å². The highest BCUT2D eigenvalue weighted by atomic mass is 35.5. The molecule has 2 aromatic carbocycles. The Morgan fingerprint density at radius 1 is 1.00 bits per heavy atom. The van der Waals surface area contributed by atoms with Crippen molar-refractivity contribution in [2.24, 2.45) is 7.05 Å². The molecule has 0 spiro atoms. The zero-order valence-electron chi connectivity index (χ0n) is 24.6. The number of nitrogens with zero attached hydrogens (tertiary/aromatic N) is 2. The summed E-state index contributed by atoms with van der Waals surface area (Å²) in [4.78, 5) is 42.8. The molecule has 0 bridgehead atoms. The number of hydrogen-bond acceptors (Lipinski definition) is 4. The molecule has 2 fully saturated rings. The first kappa shape index (κ1) is 29.6. The van der Waals surface area contributed by atoms with Gasteiger partial charge in [0.15, 0.2) is 0 Å². The van der Waals surface area contributed by atoms with Gasteiger partial charge in [-0.05, 0) is 85.2 Å². The lowest BCUT2D eigenvalue weighted by molar-refractivity contribution is -0.131. The molecule has 4 aromatic rings. The Kier molecular flexibility index (Phi) is 8.27. The number of nitrogens with one attached hydrogen (secondary N) is 2. The second-order valence-corrected chi connectivity index (χ2v) is 12.3. The Morgan fingerprint density at radius 2 is 1.73 bits per heavy atom. The third-order valence-corrected chi connectivity index (χ3v) is 9.29. The number of pyridine rings is 1. The summed E-state index contributed by atoms with van der Waals surface area (Å²) in [6.07, 6.45) is 11.7. The lowest BCUT2D eigenvalue weighted by atomic mass is 9.92. The summed E-state index contributed by atoms with van der Waals surface area (Å²) >= 11 is 6.15. The molecule has 2 aliphatic carbocycles. The molecular formula is C35H35ClN4O4. The largest absolute Gasteiger partial charge is 0.478 e. The van der Waals surface area contributed by atoms with Crippen LogP contribution in [0.25, 0.3) is 28.4 Å². The second-order valence-electron chi connectivity index (χ2n) is 11.9. The quantitative estimate of drug-likeness (QED) is 0.181. The molecule has 3 N–H and O–H groups in total. The SMILES string of the molecule is Cn1c(-c2ccc(Cl)cn2)c(C2CCCC2)c2ccc(C(=O)NC3(C(=O)Nc4ccc(/C=C/C(=O)O)cc4)CCCC3)cc21. The molecule has 0 aliphatic heterocycles. The van der Waals surface area contributed by atoms with Gasteiger partial charge in [0.2, 0.25) is 5.91 Å². The van der Waals surface area contributed by atoms with Crippen LogP contribution in [0.2, 0.25) is 5.02 Å². The maximum Gasteiger partial charge on any atom is 0.328 e. The highest BCUT2D eigenvalue weighted by Crippen LogP contribution is 2.44. The van der Waals surface area contributed by atoms with E-state index in [2.05, 4.69) is 20.2 Å². The Morgan fingerprint density at radius 3 is 2.39 bits per heavy atom. The normalized spacial score (nSPS) is 16.5. The van der Waals surface area contributed by atoms with Crippen molar-refractivity contribution in [3.8, 4) is 11.4 Å². The third kappa shape index (κ3) is 5.86. The van der Waals surface area contributed by atoms with Crippen molar-refractivity contribution in [2.45, 2.75) is 62.8 Å². The first-order valence-corrected chi connectivity index (χ1v) is 15.5. The maximum atomic E-state index is 13.8. The minimum Gasteiger partial charge on any atom is -0.478 e. The Bertz CT molecular complexity index is 1750. The Labute approximate surface area is 261 Å². The van der Waals surface area contributed by atoms with Gasteiger partial charge in [-0.15, -0.1) is 0 Å². The summed E-state index contributed by atoms with van der Waals surface area (Å²) in [7, 11) is 2.02. The van der Waals surface area contributed by atoms with Gasteiger partial charge >= 0.3 is 5.97 Å². The van der Waals surface area contributed by atoms with E-state index in [0.29, 0.717) is 40.6 Å². The molecule has 2 amide bonds. The minimum absolute atomic E-state index is 0.253. The summed E-state index contributed by atoms with van der Waals surface area (Å²) in [6.45, 7) is 0. The van der Waals surface area contributed by atoms with E-state index in [0.717, 1.165) is 54.1 Å². The molecule has 6 rings (SSSR count). The molecule has 44 heavy (non-hydrogen) atoms. The van der Waals surface area contributed by atoms with Crippen LogP contribution in [0.5, 0.6) is 0 Å². The van der Waals surface area contributed by atoms with Gasteiger partial charge in [-0.25, -0.2) is 4.79 Å². The molecule has 9 heteroatoms. The number of carbonyl (C=O) groups is 3. The van der Waals surface area contributed by atoms with Crippen molar-refractivity contribution in [3.63, 3.8) is 0 Å². The standard InChI is InChI=1S/C35H35ClN4O4/c1-40-29-20-24(11-15-27(29)31(23-6-2-3-7-23)32(40)28-16-12-25(36)21-37-28)33(43)39-35(18-4-5-19-35)34(44)38-26-13-8-22(9-14-26)10-17-30(41)42/h8-17,20-21,23H,2-7,18-19H2,1H3,(H,38,44)(H,39,43)(H,41,42)/b17-10+. The monoisotopic (exact) mass is 610 g/mol. The molecule has 2 aromatic heterocycles. The van der Waals surface area contributed by atoms with Crippen LogP contribution < -0.4 is 10.6 Å². The highest BCUT2D eigenvalue weighted by molar-refractivity contribution is 6.30. The zero-order valence-corrected chi connectivity index (χ0v) is 25.4. The second kappa shape index (κ2) is 12.3. The number of carbonyl (C=O) groups excluding carboxylic acids is 2. The molecular weight excluding hydrogens is 576 g/mol. The van der Waals surface area contributed by atoms with Crippen molar-refractivity contribution in [1.82, 2.24) is 14.9 Å². The number of hydrogen-bond donors (Lipinski definition) is 3. The van der Waals surface area contributed by atoms with Gasteiger partial charge in [0, 0.05) is 41.5 Å². The Balaban J connectivity index is 1.28. The summed E-state index contributed by atoms with van der Waals surface area (Å²) in [5.74, 6) is -1.14. The number of aliphatic carboxylic acids is 1. The van der Waals surface area contributed by atoms with Crippen molar-refractivity contribution < 1.29 is 19.5 Å². The average Bonchev–Trinajstić information content (AvgIpc) is 3.78. The van der Waals surface area contributed by atoms with Gasteiger partial charge in [-0.3, -0.25) is 14.6 Å². The van der Waals surface area contributed by atoms with E-state index in [-0.39, 0.29) is 11.8 Å². The van der Waals surface area contributed by atoms with Crippen LogP contribution >= 0.6 is 11.6 Å². The first-order valence-electron chi connectivity index (χ1n) is 15.1. The number of anilines is 1. The van der Waals surface area contributed by atoms with E-state index >= 15 is 0 Å². The molecule has 8 nitrogen and oxygen atoms in total. The van der Waals surface area contributed by atoms with Crippen LogP contribution in [0.4, 0.5) is 5.69 Å². The lowest BCUT2D eigenvalue weighted by Gasteiger charge is -2.29. The van der Waals surface area contributed by atoms with Crippen molar-refractivity contribution in [1.29, 1.82) is 0 Å². The van der Waals surface area contributed by atoms with Crippen LogP contribution in [-0.4, -0.2) is 38.0 Å². The molecule has 2 aliphatic rings. The number of halogens is 1. The van der Waals surface area contributed by atoms with E-state index in [9.17, 15) is 14.4 Å². The lowest BCUT2D eigenvalue weighted by Crippen LogP contribution is -2.55. The van der Waals surface area contributed by atoms with Crippen molar-refractivity contribution >= 4 is 52.1 Å². The number of benzene rings is 2. The number of carboxylic acid groups (broad SMARTS) is 1. The van der Waals surface area contributed by atoms with Gasteiger partial charge in [0.1, 0.15) is 5.54 Å². The average molecular weight is 611 g/mol. The number of aryl methyl sites for hydroxylation is 1. The zero-order chi connectivity index (χ0) is 30.8. The van der Waals surface area contributed by atoms with E-state index in [1.54, 1.807) is 30.5 Å². The number of fused-ring (bicyclic) bond motifs is 1. The predicted molar refractivity (Wildman–Crippen MR) is 173 cm³/mol. The number of amides is 2. The topological polar surface area (TPSA) is 113 Å². The fourth-order valence-corrected chi connectivity index (χ4v) is 6.94. The molecule has 226 valence electrons. The molecule has 2 heterocycles. The van der Waals surface area contributed by atoms with Crippen molar-refractivity contribution in [3.05, 3.63) is 88.6 Å². The summed E-state index contributed by atoms with van der Waals surface area (Å²) in [5.41, 5.74) is 4.90. The van der Waals surface area contributed by atoms with Crippen LogP contribution in [0.1, 0.15) is 78.8 Å². The van der Waals surface area contributed by atoms with Crippen LogP contribution in [0.3, 0.4) is 0 Å². The summed E-state index contributed by atoms with van der Waals surface area (Å²) in [6, 6.07) is 16.5. The van der Waals surface area contributed by atoms with Crippen molar-refractivity contribution in [2.75, 3.05) is 5.32 Å². The third-order valence-electron chi connectivity index (χ3n) is 9.07. The van der Waals surface area contributed by atoms with Gasteiger partial charge in [-0.2, -0.15) is 0 Å². The molecule has 0 saturated heterocycles. The number of aromatic nitrogens is 2. The molecule has 0 atom stereocenters. The van der Waals surface area contributed by atoms with Crippen LogP contribution in [-0.2, 0) is 16.6 Å². The fourth-order valence-electron chi connectivity index (χ4n) is 6.83. The summed E-state index contributed by atoms with van der Waals surface area (Å²) < 4.78 is 2.13. The van der Waals surface area contributed by atoms with E-state index in [1.807, 2.05) is 37.4 Å². The van der Waals surface area contributed by atoms with E-state index in [1.165, 1.54) is 24.5 Å². The summed E-state index contributed by atoms with van der Waals surface area (Å²) in [5, 5.41) is 16.6. The Hall–Kier alpha value is -4.43. The van der Waals surface area contributed by atoms with E-state index < -0.39 is 11.5 Å². The molecule has 0 unspecified atom stereocenters. The van der Waals surface area contributed by atoms with E-state index in [4.69, 9.17) is 16.7 Å². The van der Waals surface area contributed by atoms with Crippen LogP contribution in [0.15, 0.2) is 66.9 Å². The van der Waals surface area contributed by atoms with Crippen LogP contribution in [0, 0.1) is 0 Å². The number of rotatable bonds is 8. The fraction of sp³-hybridized carbons (Fsp3) is 0.314. The molecule has 2 saturated carbocycles. The predicted octanol–water partition coefficient (Wildman–Crippen LogP) is 7.33. The highest BCUT2D eigenvalue weighted by Gasteiger charge is 2.42.